The van der Waals surface area contributed by atoms with Crippen LogP contribution in [0.25, 0.3) is 0 Å². The molecule has 21 heavy (non-hydrogen) atoms. The molecule has 0 aliphatic carbocycles. The summed E-state index contributed by atoms with van der Waals surface area (Å²) in [7, 11) is -3.71. The van der Waals surface area contributed by atoms with Crippen LogP contribution in [-0.4, -0.2) is 8.42 Å². The molecule has 0 saturated heterocycles. The summed E-state index contributed by atoms with van der Waals surface area (Å²) in [6.07, 6.45) is 0. The molecule has 1 atom stereocenters. The van der Waals surface area contributed by atoms with Crippen LogP contribution in [0.4, 0.5) is 0 Å². The zero-order valence-electron chi connectivity index (χ0n) is 11.6. The molecule has 0 bridgehead atoms. The van der Waals surface area contributed by atoms with Crippen molar-refractivity contribution in [3.8, 4) is 0 Å². The lowest BCUT2D eigenvalue weighted by Crippen LogP contribution is -2.27. The molecule has 2 aromatic carbocycles. The molecule has 1 unspecified atom stereocenters. The largest absolute Gasteiger partial charge is 0.326 e. The van der Waals surface area contributed by atoms with Crippen LogP contribution in [0, 0.1) is 0 Å². The van der Waals surface area contributed by atoms with E-state index < -0.39 is 10.0 Å². The Morgan fingerprint density at radius 1 is 1.19 bits per heavy atom. The summed E-state index contributed by atoms with van der Waals surface area (Å²) in [6, 6.07) is 13.7. The number of benzene rings is 2. The second-order valence-corrected chi connectivity index (χ2v) is 6.81. The number of hydrogen-bond acceptors (Lipinski definition) is 3. The summed E-state index contributed by atoms with van der Waals surface area (Å²) in [5.74, 6) is 0. The SMILES string of the molecule is CC(NS(=O)(=O)c1cc(CN)ccc1Cl)c1ccccc1. The summed E-state index contributed by atoms with van der Waals surface area (Å²) in [4.78, 5) is 0.0508. The van der Waals surface area contributed by atoms with E-state index in [1.165, 1.54) is 6.07 Å². The lowest BCUT2D eigenvalue weighted by Gasteiger charge is -2.16. The maximum Gasteiger partial charge on any atom is 0.242 e. The molecule has 0 spiro atoms. The van der Waals surface area contributed by atoms with Gasteiger partial charge in [-0.25, -0.2) is 13.1 Å². The van der Waals surface area contributed by atoms with E-state index in [0.717, 1.165) is 5.56 Å². The zero-order chi connectivity index (χ0) is 15.5. The second kappa shape index (κ2) is 6.58. The number of hydrogen-bond donors (Lipinski definition) is 2. The highest BCUT2D eigenvalue weighted by atomic mass is 35.5. The first-order valence-electron chi connectivity index (χ1n) is 6.50. The van der Waals surface area contributed by atoms with Gasteiger partial charge in [0.25, 0.3) is 0 Å². The minimum absolute atomic E-state index is 0.0508. The van der Waals surface area contributed by atoms with E-state index in [1.54, 1.807) is 19.1 Å². The van der Waals surface area contributed by atoms with Crippen LogP contribution in [-0.2, 0) is 16.6 Å². The average Bonchev–Trinajstić information content (AvgIpc) is 2.48. The molecule has 0 aromatic heterocycles. The van der Waals surface area contributed by atoms with Crippen molar-refractivity contribution in [1.29, 1.82) is 0 Å². The minimum Gasteiger partial charge on any atom is -0.326 e. The third kappa shape index (κ3) is 3.83. The van der Waals surface area contributed by atoms with Gasteiger partial charge in [-0.3, -0.25) is 0 Å². The number of nitrogens with one attached hydrogen (secondary N) is 1. The summed E-state index contributed by atoms with van der Waals surface area (Å²) in [6.45, 7) is 2.04. The van der Waals surface area contributed by atoms with Crippen LogP contribution in [0.1, 0.15) is 24.1 Å². The van der Waals surface area contributed by atoms with Crippen LogP contribution in [0.3, 0.4) is 0 Å². The predicted molar refractivity (Wildman–Crippen MR) is 84.5 cm³/mol. The van der Waals surface area contributed by atoms with E-state index in [1.807, 2.05) is 30.3 Å². The van der Waals surface area contributed by atoms with Crippen molar-refractivity contribution in [3.63, 3.8) is 0 Å². The fourth-order valence-electron chi connectivity index (χ4n) is 1.99. The highest BCUT2D eigenvalue weighted by molar-refractivity contribution is 7.89. The third-order valence-corrected chi connectivity index (χ3v) is 5.17. The van der Waals surface area contributed by atoms with E-state index in [2.05, 4.69) is 4.72 Å². The van der Waals surface area contributed by atoms with E-state index in [0.29, 0.717) is 5.56 Å². The lowest BCUT2D eigenvalue weighted by atomic mass is 10.1. The molecule has 4 nitrogen and oxygen atoms in total. The predicted octanol–water partition coefficient (Wildman–Crippen LogP) is 2.84. The van der Waals surface area contributed by atoms with Gasteiger partial charge in [-0.15, -0.1) is 0 Å². The molecule has 0 aliphatic heterocycles. The van der Waals surface area contributed by atoms with Gasteiger partial charge in [-0.05, 0) is 30.2 Å². The Labute approximate surface area is 130 Å². The lowest BCUT2D eigenvalue weighted by molar-refractivity contribution is 0.567. The number of nitrogens with two attached hydrogens (primary N) is 1. The normalized spacial score (nSPS) is 13.1. The fraction of sp³-hybridized carbons (Fsp3) is 0.200. The molecule has 6 heteroatoms. The Morgan fingerprint density at radius 3 is 2.48 bits per heavy atom. The van der Waals surface area contributed by atoms with Gasteiger partial charge in [-0.1, -0.05) is 48.0 Å². The van der Waals surface area contributed by atoms with Crippen molar-refractivity contribution < 1.29 is 8.42 Å². The number of halogens is 1. The Kier molecular flexibility index (Phi) is 5.00. The van der Waals surface area contributed by atoms with Gasteiger partial charge < -0.3 is 5.73 Å². The Hall–Kier alpha value is -1.40. The molecule has 0 saturated carbocycles. The van der Waals surface area contributed by atoms with Crippen LogP contribution in [0.15, 0.2) is 53.4 Å². The van der Waals surface area contributed by atoms with Crippen molar-refractivity contribution in [2.24, 2.45) is 5.73 Å². The highest BCUT2D eigenvalue weighted by Gasteiger charge is 2.21. The third-order valence-electron chi connectivity index (χ3n) is 3.15. The standard InChI is InChI=1S/C15H17ClN2O2S/c1-11(13-5-3-2-4-6-13)18-21(19,20)15-9-12(10-17)7-8-14(15)16/h2-9,11,18H,10,17H2,1H3. The van der Waals surface area contributed by atoms with Gasteiger partial charge in [0.2, 0.25) is 10.0 Å². The maximum atomic E-state index is 12.5. The van der Waals surface area contributed by atoms with E-state index in [4.69, 9.17) is 17.3 Å². The number of sulfonamides is 1. The van der Waals surface area contributed by atoms with Gasteiger partial charge in [0, 0.05) is 12.6 Å². The Balaban J connectivity index is 2.30. The second-order valence-electron chi connectivity index (χ2n) is 4.72. The van der Waals surface area contributed by atoms with Crippen molar-refractivity contribution >= 4 is 21.6 Å². The molecule has 3 N–H and O–H groups in total. The summed E-state index contributed by atoms with van der Waals surface area (Å²) >= 11 is 6.01. The van der Waals surface area contributed by atoms with Crippen LogP contribution >= 0.6 is 11.6 Å². The van der Waals surface area contributed by atoms with Crippen LogP contribution in [0.5, 0.6) is 0 Å². The topological polar surface area (TPSA) is 72.2 Å². The van der Waals surface area contributed by atoms with Crippen LogP contribution in [0.2, 0.25) is 5.02 Å². The van der Waals surface area contributed by atoms with E-state index in [-0.39, 0.29) is 22.5 Å². The summed E-state index contributed by atoms with van der Waals surface area (Å²) in [5, 5.41) is 0.181. The summed E-state index contributed by atoms with van der Waals surface area (Å²) < 4.78 is 27.6. The first-order chi connectivity index (χ1) is 9.94. The van der Waals surface area contributed by atoms with Crippen molar-refractivity contribution in [2.75, 3.05) is 0 Å². The Bertz CT molecular complexity index is 718. The van der Waals surface area contributed by atoms with Crippen molar-refractivity contribution in [3.05, 3.63) is 64.7 Å². The van der Waals surface area contributed by atoms with Crippen molar-refractivity contribution in [2.45, 2.75) is 24.4 Å². The molecule has 0 heterocycles. The van der Waals surface area contributed by atoms with E-state index in [9.17, 15) is 8.42 Å². The molecular weight excluding hydrogens is 308 g/mol. The average molecular weight is 325 g/mol. The molecule has 112 valence electrons. The molecule has 2 aromatic rings. The zero-order valence-corrected chi connectivity index (χ0v) is 13.2. The van der Waals surface area contributed by atoms with Crippen molar-refractivity contribution in [1.82, 2.24) is 4.72 Å². The molecule has 0 amide bonds. The molecule has 0 aliphatic rings. The molecule has 0 fully saturated rings. The highest BCUT2D eigenvalue weighted by Crippen LogP contribution is 2.24. The van der Waals surface area contributed by atoms with Gasteiger partial charge in [0.05, 0.1) is 5.02 Å². The van der Waals surface area contributed by atoms with Gasteiger partial charge in [0.15, 0.2) is 0 Å². The van der Waals surface area contributed by atoms with Crippen LogP contribution < -0.4 is 10.5 Å². The maximum absolute atomic E-state index is 12.5. The molecular formula is C15H17ClN2O2S. The Morgan fingerprint density at radius 2 is 1.86 bits per heavy atom. The van der Waals surface area contributed by atoms with Gasteiger partial charge in [-0.2, -0.15) is 0 Å². The van der Waals surface area contributed by atoms with Gasteiger partial charge >= 0.3 is 0 Å². The molecule has 0 radical (unpaired) electrons. The quantitative estimate of drug-likeness (QED) is 0.888. The smallest absolute Gasteiger partial charge is 0.242 e. The first kappa shape index (κ1) is 16.0. The molecule has 2 rings (SSSR count). The fourth-order valence-corrected chi connectivity index (χ4v) is 3.77. The minimum atomic E-state index is -3.71. The number of rotatable bonds is 5. The van der Waals surface area contributed by atoms with Gasteiger partial charge in [0.1, 0.15) is 4.90 Å². The monoisotopic (exact) mass is 324 g/mol. The first-order valence-corrected chi connectivity index (χ1v) is 8.36. The van der Waals surface area contributed by atoms with E-state index >= 15 is 0 Å². The summed E-state index contributed by atoms with van der Waals surface area (Å²) in [5.41, 5.74) is 7.14.